The van der Waals surface area contributed by atoms with E-state index in [1.54, 1.807) is 30.5 Å². The van der Waals surface area contributed by atoms with Crippen molar-refractivity contribution in [2.45, 2.75) is 38.1 Å². The molecule has 1 fully saturated rings. The first-order valence-electron chi connectivity index (χ1n) is 11.5. The SMILES string of the molecule is Cc1cnc(Nc2ccc(N3CCOCC3)cc2)nc1Nc1cccc(S(=O)(=O)NC(C)(C)C)c1. The molecule has 2 heterocycles. The van der Waals surface area contributed by atoms with Crippen molar-refractivity contribution in [2.24, 2.45) is 0 Å². The summed E-state index contributed by atoms with van der Waals surface area (Å²) in [7, 11) is -3.65. The third kappa shape index (κ3) is 6.68. The van der Waals surface area contributed by atoms with Gasteiger partial charge >= 0.3 is 0 Å². The molecule has 3 aromatic rings. The van der Waals surface area contributed by atoms with Crippen LogP contribution in [0, 0.1) is 6.92 Å². The molecule has 1 aromatic heterocycles. The van der Waals surface area contributed by atoms with Crippen LogP contribution in [0.25, 0.3) is 0 Å². The minimum atomic E-state index is -3.65. The zero-order chi connectivity index (χ0) is 25.1. The van der Waals surface area contributed by atoms with Gasteiger partial charge < -0.3 is 20.3 Å². The molecule has 10 heteroatoms. The Morgan fingerprint density at radius 2 is 1.69 bits per heavy atom. The van der Waals surface area contributed by atoms with Gasteiger partial charge in [0.2, 0.25) is 16.0 Å². The third-order valence-electron chi connectivity index (χ3n) is 5.32. The Kier molecular flexibility index (Phi) is 7.25. The molecular formula is C25H32N6O3S. The van der Waals surface area contributed by atoms with E-state index in [9.17, 15) is 8.42 Å². The van der Waals surface area contributed by atoms with Crippen LogP contribution >= 0.6 is 0 Å². The van der Waals surface area contributed by atoms with E-state index in [2.05, 4.69) is 42.4 Å². The Labute approximate surface area is 207 Å². The highest BCUT2D eigenvalue weighted by Crippen LogP contribution is 2.25. The van der Waals surface area contributed by atoms with E-state index in [1.807, 2.05) is 39.8 Å². The number of nitrogens with one attached hydrogen (secondary N) is 3. The third-order valence-corrected chi connectivity index (χ3v) is 7.07. The second-order valence-electron chi connectivity index (χ2n) is 9.50. The first-order chi connectivity index (χ1) is 16.6. The predicted octanol–water partition coefficient (Wildman–Crippen LogP) is 4.19. The van der Waals surface area contributed by atoms with Gasteiger partial charge in [-0.3, -0.25) is 0 Å². The summed E-state index contributed by atoms with van der Waals surface area (Å²) in [4.78, 5) is 11.5. The highest BCUT2D eigenvalue weighted by atomic mass is 32.2. The fraction of sp³-hybridized carbons (Fsp3) is 0.360. The van der Waals surface area contributed by atoms with Crippen molar-refractivity contribution in [1.82, 2.24) is 14.7 Å². The molecule has 2 aromatic carbocycles. The molecule has 9 nitrogen and oxygen atoms in total. The minimum absolute atomic E-state index is 0.183. The molecule has 0 bridgehead atoms. The molecule has 1 aliphatic heterocycles. The number of aryl methyl sites for hydroxylation is 1. The predicted molar refractivity (Wildman–Crippen MR) is 139 cm³/mol. The van der Waals surface area contributed by atoms with Gasteiger partial charge in [-0.15, -0.1) is 0 Å². The molecule has 0 atom stereocenters. The van der Waals surface area contributed by atoms with Crippen LogP contribution in [0.2, 0.25) is 0 Å². The molecular weight excluding hydrogens is 464 g/mol. The van der Waals surface area contributed by atoms with E-state index in [1.165, 1.54) is 0 Å². The second kappa shape index (κ2) is 10.2. The van der Waals surface area contributed by atoms with Gasteiger partial charge in [0.25, 0.3) is 0 Å². The van der Waals surface area contributed by atoms with Gasteiger partial charge in [-0.25, -0.2) is 18.1 Å². The van der Waals surface area contributed by atoms with E-state index >= 15 is 0 Å². The molecule has 35 heavy (non-hydrogen) atoms. The number of hydrogen-bond acceptors (Lipinski definition) is 8. The number of morpholine rings is 1. The van der Waals surface area contributed by atoms with Crippen LogP contribution in [0.4, 0.5) is 28.8 Å². The lowest BCUT2D eigenvalue weighted by atomic mass is 10.1. The molecule has 0 spiro atoms. The van der Waals surface area contributed by atoms with E-state index in [4.69, 9.17) is 4.74 Å². The standard InChI is InChI=1S/C25H32N6O3S/c1-18-17-26-24(28-19-8-10-21(11-9-19)31-12-14-34-15-13-31)29-23(18)27-20-6-5-7-22(16-20)35(32,33)30-25(2,3)4/h5-11,16-17,30H,12-15H2,1-4H3,(H2,26,27,28,29). The van der Waals surface area contributed by atoms with Crippen LogP contribution in [0.3, 0.4) is 0 Å². The van der Waals surface area contributed by atoms with Gasteiger partial charge in [0.15, 0.2) is 0 Å². The fourth-order valence-corrected chi connectivity index (χ4v) is 5.14. The highest BCUT2D eigenvalue weighted by Gasteiger charge is 2.22. The summed E-state index contributed by atoms with van der Waals surface area (Å²) < 4.78 is 33.5. The molecule has 0 aliphatic carbocycles. The van der Waals surface area contributed by atoms with Crippen molar-refractivity contribution in [2.75, 3.05) is 41.8 Å². The molecule has 0 amide bonds. The van der Waals surface area contributed by atoms with Crippen LogP contribution in [0.5, 0.6) is 0 Å². The number of hydrogen-bond donors (Lipinski definition) is 3. The number of sulfonamides is 1. The van der Waals surface area contributed by atoms with Gasteiger partial charge in [-0.05, 0) is 70.2 Å². The number of ether oxygens (including phenoxy) is 1. The van der Waals surface area contributed by atoms with Gasteiger partial charge in [0, 0.05) is 47.5 Å². The summed E-state index contributed by atoms with van der Waals surface area (Å²) in [5.74, 6) is 1.03. The summed E-state index contributed by atoms with van der Waals surface area (Å²) >= 11 is 0. The average molecular weight is 497 g/mol. The van der Waals surface area contributed by atoms with Crippen LogP contribution in [-0.2, 0) is 14.8 Å². The van der Waals surface area contributed by atoms with E-state index in [0.717, 1.165) is 43.2 Å². The van der Waals surface area contributed by atoms with Crippen LogP contribution in [-0.4, -0.2) is 50.2 Å². The Morgan fingerprint density at radius 3 is 2.37 bits per heavy atom. The van der Waals surface area contributed by atoms with Crippen LogP contribution in [0.1, 0.15) is 26.3 Å². The molecule has 0 radical (unpaired) electrons. The minimum Gasteiger partial charge on any atom is -0.378 e. The molecule has 0 saturated carbocycles. The Morgan fingerprint density at radius 1 is 0.971 bits per heavy atom. The molecule has 1 aliphatic rings. The van der Waals surface area contributed by atoms with E-state index in [0.29, 0.717) is 17.5 Å². The fourth-order valence-electron chi connectivity index (χ4n) is 3.67. The average Bonchev–Trinajstić information content (AvgIpc) is 2.81. The van der Waals surface area contributed by atoms with Crippen molar-refractivity contribution < 1.29 is 13.2 Å². The number of benzene rings is 2. The van der Waals surface area contributed by atoms with Crippen molar-refractivity contribution in [3.8, 4) is 0 Å². The normalized spacial score (nSPS) is 14.6. The van der Waals surface area contributed by atoms with Crippen molar-refractivity contribution >= 4 is 38.9 Å². The number of rotatable bonds is 7. The summed E-state index contributed by atoms with van der Waals surface area (Å²) in [6.45, 7) is 10.6. The van der Waals surface area contributed by atoms with Gasteiger partial charge in [-0.2, -0.15) is 4.98 Å². The van der Waals surface area contributed by atoms with Crippen LogP contribution < -0.4 is 20.3 Å². The molecule has 3 N–H and O–H groups in total. The largest absolute Gasteiger partial charge is 0.378 e. The maximum atomic E-state index is 12.7. The van der Waals surface area contributed by atoms with Gasteiger partial charge in [-0.1, -0.05) is 6.07 Å². The lowest BCUT2D eigenvalue weighted by molar-refractivity contribution is 0.122. The Bertz CT molecular complexity index is 1270. The lowest BCUT2D eigenvalue weighted by Gasteiger charge is -2.28. The quantitative estimate of drug-likeness (QED) is 0.447. The summed E-state index contributed by atoms with van der Waals surface area (Å²) in [5.41, 5.74) is 2.90. The van der Waals surface area contributed by atoms with Crippen molar-refractivity contribution in [1.29, 1.82) is 0 Å². The zero-order valence-electron chi connectivity index (χ0n) is 20.5. The number of aromatic nitrogens is 2. The second-order valence-corrected chi connectivity index (χ2v) is 11.2. The first kappa shape index (κ1) is 24.9. The Balaban J connectivity index is 1.48. The monoisotopic (exact) mass is 496 g/mol. The highest BCUT2D eigenvalue weighted by molar-refractivity contribution is 7.89. The number of nitrogens with zero attached hydrogens (tertiary/aromatic N) is 3. The van der Waals surface area contributed by atoms with Gasteiger partial charge in [0.05, 0.1) is 18.1 Å². The molecule has 4 rings (SSSR count). The van der Waals surface area contributed by atoms with E-state index < -0.39 is 15.6 Å². The smallest absolute Gasteiger partial charge is 0.241 e. The summed E-state index contributed by atoms with van der Waals surface area (Å²) in [5, 5.41) is 6.46. The molecule has 186 valence electrons. The van der Waals surface area contributed by atoms with Crippen molar-refractivity contribution in [3.05, 3.63) is 60.3 Å². The number of anilines is 5. The summed E-state index contributed by atoms with van der Waals surface area (Å²) in [6, 6.07) is 14.8. The van der Waals surface area contributed by atoms with Crippen LogP contribution in [0.15, 0.2) is 59.6 Å². The zero-order valence-corrected chi connectivity index (χ0v) is 21.3. The summed E-state index contributed by atoms with van der Waals surface area (Å²) in [6.07, 6.45) is 1.72. The van der Waals surface area contributed by atoms with Gasteiger partial charge in [0.1, 0.15) is 5.82 Å². The first-order valence-corrected chi connectivity index (χ1v) is 13.0. The molecule has 0 unspecified atom stereocenters. The molecule has 1 saturated heterocycles. The van der Waals surface area contributed by atoms with Crippen molar-refractivity contribution in [3.63, 3.8) is 0 Å². The Hall–Kier alpha value is -3.21. The lowest BCUT2D eigenvalue weighted by Crippen LogP contribution is -2.40. The van der Waals surface area contributed by atoms with E-state index in [-0.39, 0.29) is 4.90 Å². The topological polar surface area (TPSA) is 108 Å². The maximum Gasteiger partial charge on any atom is 0.241 e. The maximum absolute atomic E-state index is 12.7.